The largest absolute Gasteiger partial charge is 0.480 e. The van der Waals surface area contributed by atoms with Crippen LogP contribution >= 0.6 is 0 Å². The van der Waals surface area contributed by atoms with E-state index in [4.69, 9.17) is 33.1 Å². The molecular weight excluding hydrogens is 214 g/mol. The first-order valence-electron chi connectivity index (χ1n) is 4.52. The van der Waals surface area contributed by atoms with E-state index in [0.29, 0.717) is 0 Å². The molecule has 0 bridgehead atoms. The first kappa shape index (κ1) is 14.0. The Morgan fingerprint density at radius 3 is 1.94 bits per heavy atom. The molecule has 0 rings (SSSR count). The number of hydrogen-bond acceptors (Lipinski definition) is 4. The Hall–Kier alpha value is -2.03. The van der Waals surface area contributed by atoms with Gasteiger partial charge in [0.25, 0.3) is 0 Å². The third kappa shape index (κ3) is 6.43. The van der Waals surface area contributed by atoms with Crippen molar-refractivity contribution in [2.45, 2.75) is 25.0 Å². The Bertz CT molecular complexity index is 264. The number of carboxylic acids is 1. The number of nitrogens with one attached hydrogen (secondary N) is 4. The summed E-state index contributed by atoms with van der Waals surface area (Å²) in [5.74, 6) is -1.71. The van der Waals surface area contributed by atoms with Gasteiger partial charge in [-0.1, -0.05) is 0 Å². The molecule has 0 aromatic heterocycles. The second kappa shape index (κ2) is 6.45. The van der Waals surface area contributed by atoms with Crippen LogP contribution in [-0.2, 0) is 4.79 Å². The van der Waals surface area contributed by atoms with Crippen molar-refractivity contribution in [3.63, 3.8) is 0 Å². The molecule has 0 aliphatic rings. The van der Waals surface area contributed by atoms with Gasteiger partial charge >= 0.3 is 5.97 Å². The van der Waals surface area contributed by atoms with E-state index in [0.717, 1.165) is 0 Å². The van der Waals surface area contributed by atoms with Crippen molar-refractivity contribution in [2.75, 3.05) is 0 Å². The van der Waals surface area contributed by atoms with Crippen molar-refractivity contribution in [1.29, 1.82) is 10.8 Å². The second-order valence-electron chi connectivity index (χ2n) is 3.19. The van der Waals surface area contributed by atoms with Gasteiger partial charge in [-0.2, -0.15) is 0 Å². The molecule has 0 fully saturated rings. The molecule has 1 unspecified atom stereocenters. The predicted molar refractivity (Wildman–Crippen MR) is 58.7 cm³/mol. The number of rotatable bonds is 6. The molecule has 0 radical (unpaired) electrons. The number of hydrogen-bond donors (Lipinski definition) is 8. The van der Waals surface area contributed by atoms with Gasteiger partial charge in [-0.15, -0.1) is 0 Å². The highest BCUT2D eigenvalue weighted by molar-refractivity contribution is 5.77. The minimum Gasteiger partial charge on any atom is -0.480 e. The van der Waals surface area contributed by atoms with Crippen LogP contribution in [0.5, 0.6) is 0 Å². The summed E-state index contributed by atoms with van der Waals surface area (Å²) in [6.07, 6.45) is -0.145. The fourth-order valence-corrected chi connectivity index (χ4v) is 1.03. The normalized spacial score (nSPS) is 13.6. The third-order valence-corrected chi connectivity index (χ3v) is 1.74. The molecule has 9 nitrogen and oxygen atoms in total. The van der Waals surface area contributed by atoms with Crippen molar-refractivity contribution in [3.05, 3.63) is 0 Å². The molecule has 92 valence electrons. The summed E-state index contributed by atoms with van der Waals surface area (Å²) in [7, 11) is 0. The zero-order chi connectivity index (χ0) is 12.7. The summed E-state index contributed by atoms with van der Waals surface area (Å²) in [6.45, 7) is 0. The smallest absolute Gasteiger partial charge is 0.320 e. The highest BCUT2D eigenvalue weighted by Gasteiger charge is 2.15. The number of guanidine groups is 2. The second-order valence-corrected chi connectivity index (χ2v) is 3.19. The summed E-state index contributed by atoms with van der Waals surface area (Å²) in [5, 5.41) is 27.5. The molecule has 0 aliphatic heterocycles. The zero-order valence-electron chi connectivity index (χ0n) is 8.66. The molecular formula is C7H17N7O2. The molecule has 16 heavy (non-hydrogen) atoms. The third-order valence-electron chi connectivity index (χ3n) is 1.74. The maximum Gasteiger partial charge on any atom is 0.320 e. The van der Waals surface area contributed by atoms with E-state index in [9.17, 15) is 4.79 Å². The topological polar surface area (TPSA) is 187 Å². The van der Waals surface area contributed by atoms with Crippen LogP contribution < -0.4 is 27.8 Å². The summed E-state index contributed by atoms with van der Waals surface area (Å²) in [6, 6.07) is -0.995. The standard InChI is InChI=1S/C7H17N7O2/c8-3(5(15)16)1-2-4(13-6(9)10)14-7(11)12/h3-4H,1-2,8H2,(H,15,16)(H4,9,10,13)(H4,11,12,14). The molecule has 11 N–H and O–H groups in total. The van der Waals surface area contributed by atoms with Gasteiger partial charge in [0.1, 0.15) is 12.2 Å². The van der Waals surface area contributed by atoms with E-state index in [1.807, 2.05) is 0 Å². The molecule has 0 saturated carbocycles. The van der Waals surface area contributed by atoms with Crippen LogP contribution in [0.4, 0.5) is 0 Å². The van der Waals surface area contributed by atoms with Crippen molar-refractivity contribution in [1.82, 2.24) is 10.6 Å². The predicted octanol–water partition coefficient (Wildman–Crippen LogP) is -2.53. The number of carbonyl (C=O) groups is 1. The first-order valence-corrected chi connectivity index (χ1v) is 4.52. The van der Waals surface area contributed by atoms with E-state index in [1.54, 1.807) is 0 Å². The van der Waals surface area contributed by atoms with Gasteiger partial charge in [-0.3, -0.25) is 15.6 Å². The number of nitrogens with two attached hydrogens (primary N) is 3. The van der Waals surface area contributed by atoms with Gasteiger partial charge in [0.05, 0.1) is 0 Å². The Morgan fingerprint density at radius 2 is 1.62 bits per heavy atom. The summed E-state index contributed by atoms with van der Waals surface area (Å²) < 4.78 is 0. The number of aliphatic carboxylic acids is 1. The highest BCUT2D eigenvalue weighted by Crippen LogP contribution is 1.98. The van der Waals surface area contributed by atoms with Crippen LogP contribution in [0.2, 0.25) is 0 Å². The van der Waals surface area contributed by atoms with E-state index in [2.05, 4.69) is 10.6 Å². The molecule has 0 aliphatic carbocycles. The minimum atomic E-state index is -1.11. The van der Waals surface area contributed by atoms with Crippen LogP contribution in [0.3, 0.4) is 0 Å². The minimum absolute atomic E-state index is 0.167. The van der Waals surface area contributed by atoms with Crippen molar-refractivity contribution in [3.8, 4) is 0 Å². The van der Waals surface area contributed by atoms with Crippen LogP contribution in [0.15, 0.2) is 0 Å². The van der Waals surface area contributed by atoms with E-state index < -0.39 is 18.2 Å². The van der Waals surface area contributed by atoms with E-state index in [-0.39, 0.29) is 24.8 Å². The van der Waals surface area contributed by atoms with Crippen molar-refractivity contribution < 1.29 is 9.90 Å². The lowest BCUT2D eigenvalue weighted by molar-refractivity contribution is -0.138. The molecule has 0 spiro atoms. The van der Waals surface area contributed by atoms with Gasteiger partial charge in [0.2, 0.25) is 0 Å². The fraction of sp³-hybridized carbons (Fsp3) is 0.571. The Morgan fingerprint density at radius 1 is 1.19 bits per heavy atom. The maximum atomic E-state index is 10.5. The lowest BCUT2D eigenvalue weighted by Gasteiger charge is -2.20. The number of carboxylic acid groups (broad SMARTS) is 1. The van der Waals surface area contributed by atoms with Crippen LogP contribution in [0, 0.1) is 10.8 Å². The van der Waals surface area contributed by atoms with Gasteiger partial charge in [0, 0.05) is 0 Å². The maximum absolute atomic E-state index is 10.5. The molecule has 0 heterocycles. The lowest BCUT2D eigenvalue weighted by Crippen LogP contribution is -2.52. The molecule has 1 atom stereocenters. The van der Waals surface area contributed by atoms with E-state index in [1.165, 1.54) is 0 Å². The van der Waals surface area contributed by atoms with E-state index >= 15 is 0 Å². The monoisotopic (exact) mass is 231 g/mol. The Balaban J connectivity index is 4.15. The summed E-state index contributed by atoms with van der Waals surface area (Å²) >= 11 is 0. The SMILES string of the molecule is N=C(N)NC(CCC(N)C(=O)O)NC(=N)N. The van der Waals surface area contributed by atoms with Gasteiger partial charge in [-0.05, 0) is 12.8 Å². The lowest BCUT2D eigenvalue weighted by atomic mass is 10.1. The molecule has 0 amide bonds. The molecule has 0 aromatic rings. The summed E-state index contributed by atoms with van der Waals surface area (Å²) in [5.41, 5.74) is 15.5. The average Bonchev–Trinajstić information content (AvgIpc) is 2.11. The van der Waals surface area contributed by atoms with Crippen molar-refractivity contribution >= 4 is 17.9 Å². The Labute approximate surface area is 92.4 Å². The van der Waals surface area contributed by atoms with Crippen LogP contribution in [-0.4, -0.2) is 35.2 Å². The quantitative estimate of drug-likeness (QED) is 0.140. The van der Waals surface area contributed by atoms with Gasteiger partial charge in [0.15, 0.2) is 11.9 Å². The zero-order valence-corrected chi connectivity index (χ0v) is 8.66. The summed E-state index contributed by atoms with van der Waals surface area (Å²) in [4.78, 5) is 10.5. The molecule has 9 heteroatoms. The Kier molecular flexibility index (Phi) is 5.63. The van der Waals surface area contributed by atoms with Gasteiger partial charge < -0.3 is 32.9 Å². The van der Waals surface area contributed by atoms with Crippen LogP contribution in [0.1, 0.15) is 12.8 Å². The van der Waals surface area contributed by atoms with Gasteiger partial charge in [-0.25, -0.2) is 0 Å². The molecule has 0 aromatic carbocycles. The fourth-order valence-electron chi connectivity index (χ4n) is 1.03. The van der Waals surface area contributed by atoms with Crippen LogP contribution in [0.25, 0.3) is 0 Å². The average molecular weight is 231 g/mol. The first-order chi connectivity index (χ1) is 7.32. The molecule has 0 saturated heterocycles. The highest BCUT2D eigenvalue weighted by atomic mass is 16.4. The van der Waals surface area contributed by atoms with Crippen molar-refractivity contribution in [2.24, 2.45) is 17.2 Å².